The molecule has 0 spiro atoms. The molecule has 3 heterocycles. The maximum absolute atomic E-state index is 12.7. The number of nitrogens with two attached hydrogens (primary N) is 1. The van der Waals surface area contributed by atoms with Gasteiger partial charge in [0.25, 0.3) is 5.91 Å². The quantitative estimate of drug-likeness (QED) is 0.295. The van der Waals surface area contributed by atoms with E-state index in [0.29, 0.717) is 22.9 Å². The van der Waals surface area contributed by atoms with Crippen molar-refractivity contribution in [1.82, 2.24) is 15.2 Å². The van der Waals surface area contributed by atoms with E-state index in [-0.39, 0.29) is 23.7 Å². The molecule has 0 radical (unpaired) electrons. The van der Waals surface area contributed by atoms with E-state index >= 15 is 0 Å². The number of hydrogen-bond donors (Lipinski definition) is 3. The first kappa shape index (κ1) is 21.1. The van der Waals surface area contributed by atoms with Crippen molar-refractivity contribution in [2.24, 2.45) is 5.16 Å². The number of amides is 1. The second-order valence-electron chi connectivity index (χ2n) is 6.21. The number of nitrogens with zero attached hydrogens (tertiary/aromatic N) is 3. The van der Waals surface area contributed by atoms with Crippen LogP contribution in [-0.4, -0.2) is 76.3 Å². The maximum atomic E-state index is 12.7. The first-order valence-corrected chi connectivity index (χ1v) is 10.2. The van der Waals surface area contributed by atoms with Crippen molar-refractivity contribution in [2.75, 3.05) is 26.0 Å². The third-order valence-electron chi connectivity index (χ3n) is 4.28. The van der Waals surface area contributed by atoms with Crippen molar-refractivity contribution in [3.63, 3.8) is 0 Å². The number of esters is 1. The lowest BCUT2D eigenvalue weighted by atomic mass is 9.99. The number of anilines is 1. The molecule has 2 aliphatic rings. The molecule has 2 aliphatic heterocycles. The van der Waals surface area contributed by atoms with Crippen LogP contribution in [0.5, 0.6) is 0 Å². The molecule has 0 aliphatic carbocycles. The fourth-order valence-corrected chi connectivity index (χ4v) is 4.79. The molecular weight excluding hydrogens is 422 g/mol. The minimum absolute atomic E-state index is 0.0133. The highest BCUT2D eigenvalue weighted by molar-refractivity contribution is 8.02. The molecule has 0 aromatic carbocycles. The molecule has 1 unspecified atom stereocenters. The number of hydrogen-bond acceptors (Lipinski definition) is 11. The summed E-state index contributed by atoms with van der Waals surface area (Å²) in [6, 6.07) is -1.22. The Labute approximate surface area is 173 Å². The van der Waals surface area contributed by atoms with Crippen LogP contribution in [0.1, 0.15) is 12.6 Å². The van der Waals surface area contributed by atoms with Crippen LogP contribution in [0.2, 0.25) is 0 Å². The number of aliphatic carboxylic acids is 1. The largest absolute Gasteiger partial charge is 0.480 e. The van der Waals surface area contributed by atoms with Gasteiger partial charge in [0.05, 0.1) is 11.4 Å². The highest BCUT2D eigenvalue weighted by Crippen LogP contribution is 2.39. The predicted octanol–water partition coefficient (Wildman–Crippen LogP) is -0.151. The Kier molecular flexibility index (Phi) is 6.39. The van der Waals surface area contributed by atoms with Gasteiger partial charge in [0.15, 0.2) is 10.8 Å². The van der Waals surface area contributed by atoms with Gasteiger partial charge in [-0.2, -0.15) is 0 Å². The number of carboxylic acid groups (broad SMARTS) is 1. The zero-order valence-corrected chi connectivity index (χ0v) is 17.2. The highest BCUT2D eigenvalue weighted by atomic mass is 32.2. The molecule has 0 bridgehead atoms. The second kappa shape index (κ2) is 8.80. The molecule has 1 aromatic rings. The average molecular weight is 441 g/mol. The van der Waals surface area contributed by atoms with Gasteiger partial charge in [0, 0.05) is 24.4 Å². The van der Waals surface area contributed by atoms with Crippen molar-refractivity contribution >= 4 is 51.8 Å². The minimum atomic E-state index is -1.04. The smallest absolute Gasteiger partial charge is 0.325 e. The molecule has 11 nitrogen and oxygen atoms in total. The first-order valence-electron chi connectivity index (χ1n) is 8.41. The summed E-state index contributed by atoms with van der Waals surface area (Å²) >= 11 is 2.53. The SMILES string of the molecule is CON=C(C(=O)N[C@@H]1CN2C(C(=O)O)C(COC(C)=O)=CS[C@H]12)c1csc(N)n1. The number of ether oxygens (including phenoxy) is 1. The van der Waals surface area contributed by atoms with Gasteiger partial charge in [-0.1, -0.05) is 5.16 Å². The van der Waals surface area contributed by atoms with Crippen molar-refractivity contribution in [1.29, 1.82) is 0 Å². The number of carboxylic acids is 1. The Balaban J connectivity index is 1.69. The molecule has 29 heavy (non-hydrogen) atoms. The molecule has 1 amide bonds. The Bertz CT molecular complexity index is 885. The van der Waals surface area contributed by atoms with Gasteiger partial charge in [0.2, 0.25) is 0 Å². The third kappa shape index (κ3) is 4.52. The van der Waals surface area contributed by atoms with E-state index < -0.39 is 23.9 Å². The summed E-state index contributed by atoms with van der Waals surface area (Å²) in [6.07, 6.45) is 0. The highest BCUT2D eigenvalue weighted by Gasteiger charge is 2.50. The van der Waals surface area contributed by atoms with E-state index in [2.05, 4.69) is 15.5 Å². The van der Waals surface area contributed by atoms with Crippen LogP contribution in [0, 0.1) is 0 Å². The first-order chi connectivity index (χ1) is 13.8. The van der Waals surface area contributed by atoms with E-state index in [1.807, 2.05) is 0 Å². The van der Waals surface area contributed by atoms with Gasteiger partial charge in [-0.15, -0.1) is 23.1 Å². The van der Waals surface area contributed by atoms with Gasteiger partial charge >= 0.3 is 11.9 Å². The van der Waals surface area contributed by atoms with Crippen molar-refractivity contribution in [3.8, 4) is 0 Å². The van der Waals surface area contributed by atoms with Crippen LogP contribution < -0.4 is 11.1 Å². The topological polar surface area (TPSA) is 156 Å². The molecule has 4 N–H and O–H groups in total. The molecule has 3 rings (SSSR count). The van der Waals surface area contributed by atoms with Crippen LogP contribution in [0.3, 0.4) is 0 Å². The number of rotatable bonds is 7. The summed E-state index contributed by atoms with van der Waals surface area (Å²) in [5.74, 6) is -2.02. The Morgan fingerprint density at radius 3 is 2.83 bits per heavy atom. The van der Waals surface area contributed by atoms with E-state index in [9.17, 15) is 19.5 Å². The number of carbonyl (C=O) groups is 3. The summed E-state index contributed by atoms with van der Waals surface area (Å²) in [5.41, 5.74) is 6.38. The van der Waals surface area contributed by atoms with Gasteiger partial charge in [-0.25, -0.2) is 4.98 Å². The number of aromatic nitrogens is 1. The van der Waals surface area contributed by atoms with E-state index in [1.54, 1.807) is 15.7 Å². The number of nitrogen functional groups attached to an aromatic ring is 1. The van der Waals surface area contributed by atoms with Gasteiger partial charge in [-0.05, 0) is 5.41 Å². The molecule has 1 fully saturated rings. The lowest BCUT2D eigenvalue weighted by molar-refractivity contribution is -0.147. The molecule has 156 valence electrons. The van der Waals surface area contributed by atoms with E-state index in [4.69, 9.17) is 15.3 Å². The predicted molar refractivity (Wildman–Crippen MR) is 106 cm³/mol. The second-order valence-corrected chi connectivity index (χ2v) is 8.09. The molecule has 3 atom stereocenters. The summed E-state index contributed by atoms with van der Waals surface area (Å²) in [7, 11) is 1.32. The maximum Gasteiger partial charge on any atom is 0.325 e. The van der Waals surface area contributed by atoms with Crippen LogP contribution in [-0.2, 0) is 24.0 Å². The van der Waals surface area contributed by atoms with Gasteiger partial charge in [-0.3, -0.25) is 19.3 Å². The van der Waals surface area contributed by atoms with Crippen LogP contribution in [0.4, 0.5) is 5.13 Å². The minimum Gasteiger partial charge on any atom is -0.480 e. The summed E-state index contributed by atoms with van der Waals surface area (Å²) < 4.78 is 4.94. The van der Waals surface area contributed by atoms with Crippen molar-refractivity contribution in [2.45, 2.75) is 24.4 Å². The number of thiazole rings is 1. The zero-order valence-electron chi connectivity index (χ0n) is 15.5. The Morgan fingerprint density at radius 1 is 1.48 bits per heavy atom. The summed E-state index contributed by atoms with van der Waals surface area (Å²) in [4.78, 5) is 45.9. The molecule has 1 saturated heterocycles. The standard InChI is InChI=1S/C16H19N5O6S2/c1-7(22)27-4-8-5-28-14-9(3-21(14)12(8)15(24)25)18-13(23)11(20-26-2)10-6-29-16(17)19-10/h5-6,9,12,14H,3-4H2,1-2H3,(H2,17,19)(H,18,23)(H,24,25)/t9-,12?,14-/m1/s1. The van der Waals surface area contributed by atoms with Crippen molar-refractivity contribution in [3.05, 3.63) is 22.1 Å². The lowest BCUT2D eigenvalue weighted by Crippen LogP contribution is -2.70. The Hall–Kier alpha value is -2.64. The molecular formula is C16H19N5O6S2. The Morgan fingerprint density at radius 2 is 2.24 bits per heavy atom. The summed E-state index contributed by atoms with van der Waals surface area (Å²) in [5, 5.41) is 19.5. The average Bonchev–Trinajstić information content (AvgIpc) is 3.07. The number of oxime groups is 1. The fraction of sp³-hybridized carbons (Fsp3) is 0.438. The number of nitrogens with one attached hydrogen (secondary N) is 1. The lowest BCUT2D eigenvalue weighted by Gasteiger charge is -2.52. The fourth-order valence-electron chi connectivity index (χ4n) is 3.02. The normalized spacial score (nSPS) is 24.0. The molecule has 0 saturated carbocycles. The number of fused-ring (bicyclic) bond motifs is 1. The van der Waals surface area contributed by atoms with Crippen LogP contribution in [0.25, 0.3) is 0 Å². The summed E-state index contributed by atoms with van der Waals surface area (Å²) in [6.45, 7) is 1.49. The van der Waals surface area contributed by atoms with Crippen LogP contribution in [0.15, 0.2) is 21.5 Å². The van der Waals surface area contributed by atoms with Crippen molar-refractivity contribution < 1.29 is 29.1 Å². The third-order valence-corrected chi connectivity index (χ3v) is 6.27. The zero-order chi connectivity index (χ0) is 21.1. The van der Waals surface area contributed by atoms with Gasteiger partial charge < -0.3 is 25.7 Å². The van der Waals surface area contributed by atoms with Gasteiger partial charge in [0.1, 0.15) is 25.5 Å². The van der Waals surface area contributed by atoms with E-state index in [1.165, 1.54) is 37.1 Å². The number of carbonyl (C=O) groups excluding carboxylic acids is 2. The number of thioether (sulfide) groups is 1. The monoisotopic (exact) mass is 441 g/mol. The molecule has 13 heteroatoms. The van der Waals surface area contributed by atoms with Crippen LogP contribution >= 0.6 is 23.1 Å². The molecule has 1 aromatic heterocycles. The van der Waals surface area contributed by atoms with E-state index in [0.717, 1.165) is 0 Å².